The van der Waals surface area contributed by atoms with Gasteiger partial charge in [-0.05, 0) is 42.6 Å². The van der Waals surface area contributed by atoms with E-state index >= 15 is 0 Å². The molecule has 0 aliphatic rings. The van der Waals surface area contributed by atoms with Crippen molar-refractivity contribution in [1.29, 1.82) is 0 Å². The average Bonchev–Trinajstić information content (AvgIpc) is 2.45. The van der Waals surface area contributed by atoms with Crippen LogP contribution in [0.25, 0.3) is 0 Å². The van der Waals surface area contributed by atoms with Crippen molar-refractivity contribution in [3.05, 3.63) is 63.6 Å². The minimum absolute atomic E-state index is 0.447. The molecule has 106 valence electrons. The van der Waals surface area contributed by atoms with Crippen LogP contribution >= 0.6 is 23.2 Å². The summed E-state index contributed by atoms with van der Waals surface area (Å²) in [6, 6.07) is 13.7. The average molecular weight is 310 g/mol. The molecule has 0 unspecified atom stereocenters. The van der Waals surface area contributed by atoms with E-state index in [9.17, 15) is 0 Å². The van der Waals surface area contributed by atoms with E-state index in [-0.39, 0.29) is 0 Å². The van der Waals surface area contributed by atoms with Crippen LogP contribution < -0.4 is 10.5 Å². The molecule has 2 aromatic rings. The topological polar surface area (TPSA) is 35.2 Å². The first-order chi connectivity index (χ1) is 9.70. The lowest BCUT2D eigenvalue weighted by atomic mass is 10.1. The maximum atomic E-state index is 6.24. The van der Waals surface area contributed by atoms with E-state index < -0.39 is 0 Å². The summed E-state index contributed by atoms with van der Waals surface area (Å²) in [6.07, 6.45) is 1.78. The van der Waals surface area contributed by atoms with E-state index in [4.69, 9.17) is 33.7 Å². The Morgan fingerprint density at radius 2 is 1.60 bits per heavy atom. The first kappa shape index (κ1) is 15.2. The molecule has 20 heavy (non-hydrogen) atoms. The third-order valence-corrected chi connectivity index (χ3v) is 3.52. The number of ether oxygens (including phenoxy) is 1. The summed E-state index contributed by atoms with van der Waals surface area (Å²) in [6.45, 7) is 1.10. The predicted molar refractivity (Wildman–Crippen MR) is 84.6 cm³/mol. The summed E-state index contributed by atoms with van der Waals surface area (Å²) in [4.78, 5) is 0. The van der Waals surface area contributed by atoms with Gasteiger partial charge in [-0.15, -0.1) is 0 Å². The van der Waals surface area contributed by atoms with Crippen LogP contribution in [0.3, 0.4) is 0 Å². The normalized spacial score (nSPS) is 10.6. The Labute approximate surface area is 129 Å². The molecule has 0 bridgehead atoms. The predicted octanol–water partition coefficient (Wildman–Crippen LogP) is 4.46. The van der Waals surface area contributed by atoms with Gasteiger partial charge in [-0.3, -0.25) is 0 Å². The maximum absolute atomic E-state index is 6.24. The summed E-state index contributed by atoms with van der Waals surface area (Å²) in [5, 5.41) is 1.08. The fourth-order valence-electron chi connectivity index (χ4n) is 1.93. The smallest absolute Gasteiger partial charge is 0.156 e. The molecule has 0 saturated carbocycles. The zero-order valence-corrected chi connectivity index (χ0v) is 12.6. The molecule has 2 nitrogen and oxygen atoms in total. The van der Waals surface area contributed by atoms with Gasteiger partial charge in [0.15, 0.2) is 5.75 Å². The van der Waals surface area contributed by atoms with Crippen LogP contribution in [-0.2, 0) is 13.0 Å². The Bertz CT molecular complexity index is 535. The van der Waals surface area contributed by atoms with Crippen molar-refractivity contribution in [3.8, 4) is 5.75 Å². The third kappa shape index (κ3) is 4.14. The van der Waals surface area contributed by atoms with E-state index in [1.165, 1.54) is 0 Å². The number of halogens is 2. The Balaban J connectivity index is 2.08. The molecule has 0 aromatic heterocycles. The van der Waals surface area contributed by atoms with Gasteiger partial charge in [0.1, 0.15) is 6.61 Å². The SMILES string of the molecule is NCCCc1cc(Cl)c(OCc2ccccc2)c(Cl)c1. The Morgan fingerprint density at radius 3 is 2.20 bits per heavy atom. The minimum Gasteiger partial charge on any atom is -0.486 e. The monoisotopic (exact) mass is 309 g/mol. The summed E-state index contributed by atoms with van der Waals surface area (Å²) in [5.74, 6) is 0.536. The minimum atomic E-state index is 0.447. The van der Waals surface area contributed by atoms with Crippen molar-refractivity contribution in [1.82, 2.24) is 0 Å². The standard InChI is InChI=1S/C16H17Cl2NO/c17-14-9-13(7-4-8-19)10-15(18)16(14)20-11-12-5-2-1-3-6-12/h1-3,5-6,9-10H,4,7-8,11,19H2. The highest BCUT2D eigenvalue weighted by molar-refractivity contribution is 6.37. The highest BCUT2D eigenvalue weighted by Gasteiger charge is 2.10. The zero-order chi connectivity index (χ0) is 14.4. The van der Waals surface area contributed by atoms with E-state index in [0.717, 1.165) is 24.0 Å². The van der Waals surface area contributed by atoms with Crippen LogP contribution in [0.5, 0.6) is 5.75 Å². The summed E-state index contributed by atoms with van der Waals surface area (Å²) in [7, 11) is 0. The van der Waals surface area contributed by atoms with Crippen LogP contribution in [0.15, 0.2) is 42.5 Å². The molecule has 0 aliphatic carbocycles. The van der Waals surface area contributed by atoms with Crippen LogP contribution in [0, 0.1) is 0 Å². The molecular weight excluding hydrogens is 293 g/mol. The van der Waals surface area contributed by atoms with Gasteiger partial charge < -0.3 is 10.5 Å². The Kier molecular flexibility index (Phi) is 5.72. The van der Waals surface area contributed by atoms with Crippen molar-refractivity contribution in [2.75, 3.05) is 6.54 Å². The zero-order valence-electron chi connectivity index (χ0n) is 11.1. The molecule has 2 N–H and O–H groups in total. The third-order valence-electron chi connectivity index (χ3n) is 2.95. The molecule has 0 saturated heterocycles. The van der Waals surface area contributed by atoms with Gasteiger partial charge in [-0.1, -0.05) is 53.5 Å². The molecule has 2 rings (SSSR count). The van der Waals surface area contributed by atoms with Gasteiger partial charge in [0.05, 0.1) is 10.0 Å². The van der Waals surface area contributed by atoms with E-state index in [1.54, 1.807) is 0 Å². The molecule has 0 radical (unpaired) electrons. The van der Waals surface area contributed by atoms with Crippen molar-refractivity contribution < 1.29 is 4.74 Å². The lowest BCUT2D eigenvalue weighted by Gasteiger charge is -2.12. The first-order valence-corrected chi connectivity index (χ1v) is 7.31. The molecule has 4 heteroatoms. The fourth-order valence-corrected chi connectivity index (χ4v) is 2.57. The maximum Gasteiger partial charge on any atom is 0.156 e. The largest absolute Gasteiger partial charge is 0.486 e. The van der Waals surface area contributed by atoms with Gasteiger partial charge in [0.25, 0.3) is 0 Å². The molecule has 0 fully saturated rings. The van der Waals surface area contributed by atoms with Crippen molar-refractivity contribution >= 4 is 23.2 Å². The van der Waals surface area contributed by atoms with Crippen LogP contribution in [0.2, 0.25) is 10.0 Å². The van der Waals surface area contributed by atoms with Gasteiger partial charge >= 0.3 is 0 Å². The van der Waals surface area contributed by atoms with Crippen LogP contribution in [0.4, 0.5) is 0 Å². The Hall–Kier alpha value is -1.22. The lowest BCUT2D eigenvalue weighted by molar-refractivity contribution is 0.306. The lowest BCUT2D eigenvalue weighted by Crippen LogP contribution is -2.01. The number of hydrogen-bond donors (Lipinski definition) is 1. The number of aryl methyl sites for hydroxylation is 1. The van der Waals surface area contributed by atoms with Gasteiger partial charge in [0.2, 0.25) is 0 Å². The van der Waals surface area contributed by atoms with Crippen molar-refractivity contribution in [2.24, 2.45) is 5.73 Å². The number of nitrogens with two attached hydrogens (primary N) is 1. The number of hydrogen-bond acceptors (Lipinski definition) is 2. The molecule has 2 aromatic carbocycles. The van der Waals surface area contributed by atoms with Gasteiger partial charge in [0, 0.05) is 0 Å². The second-order valence-corrected chi connectivity index (χ2v) is 5.37. The highest BCUT2D eigenvalue weighted by atomic mass is 35.5. The van der Waals surface area contributed by atoms with Gasteiger partial charge in [-0.25, -0.2) is 0 Å². The number of rotatable bonds is 6. The quantitative estimate of drug-likeness (QED) is 0.854. The second-order valence-electron chi connectivity index (χ2n) is 4.56. The molecule has 0 amide bonds. The molecular formula is C16H17Cl2NO. The van der Waals surface area contributed by atoms with E-state index in [1.807, 2.05) is 42.5 Å². The summed E-state index contributed by atoms with van der Waals surface area (Å²) < 4.78 is 5.72. The number of benzene rings is 2. The fraction of sp³-hybridized carbons (Fsp3) is 0.250. The molecule has 0 atom stereocenters. The van der Waals surface area contributed by atoms with Crippen molar-refractivity contribution in [2.45, 2.75) is 19.4 Å². The summed E-state index contributed by atoms with van der Waals surface area (Å²) in [5.41, 5.74) is 7.66. The van der Waals surface area contributed by atoms with Crippen molar-refractivity contribution in [3.63, 3.8) is 0 Å². The molecule has 0 heterocycles. The van der Waals surface area contributed by atoms with Crippen LogP contribution in [-0.4, -0.2) is 6.54 Å². The van der Waals surface area contributed by atoms with Gasteiger partial charge in [-0.2, -0.15) is 0 Å². The highest BCUT2D eigenvalue weighted by Crippen LogP contribution is 2.35. The molecule has 0 spiro atoms. The van der Waals surface area contributed by atoms with E-state index in [2.05, 4.69) is 0 Å². The summed E-state index contributed by atoms with van der Waals surface area (Å²) >= 11 is 12.5. The Morgan fingerprint density at radius 1 is 0.950 bits per heavy atom. The molecule has 0 aliphatic heterocycles. The van der Waals surface area contributed by atoms with E-state index in [0.29, 0.717) is 28.9 Å². The second kappa shape index (κ2) is 7.53. The van der Waals surface area contributed by atoms with Crippen LogP contribution in [0.1, 0.15) is 17.5 Å². The first-order valence-electron chi connectivity index (χ1n) is 6.55.